The molecule has 2 aromatic heterocycles. The van der Waals surface area contributed by atoms with Crippen LogP contribution in [0.2, 0.25) is 0 Å². The number of nitrogens with zero attached hydrogens (tertiary/aromatic N) is 2. The summed E-state index contributed by atoms with van der Waals surface area (Å²) >= 11 is 6.11. The van der Waals surface area contributed by atoms with E-state index in [1.165, 1.54) is 29.2 Å². The van der Waals surface area contributed by atoms with Crippen molar-refractivity contribution in [2.75, 3.05) is 10.6 Å². The predicted octanol–water partition coefficient (Wildman–Crippen LogP) is 7.40. The lowest BCUT2D eigenvalue weighted by Crippen LogP contribution is -2.30. The van der Waals surface area contributed by atoms with Crippen LogP contribution in [0.5, 0.6) is 0 Å². The fourth-order valence-electron chi connectivity index (χ4n) is 3.91. The van der Waals surface area contributed by atoms with Crippen molar-refractivity contribution in [2.45, 2.75) is 24.0 Å². The van der Waals surface area contributed by atoms with Gasteiger partial charge in [-0.05, 0) is 74.5 Å². The molecule has 1 atom stereocenters. The lowest BCUT2D eigenvalue weighted by atomic mass is 10.2. The lowest BCUT2D eigenvalue weighted by molar-refractivity contribution is -0.115. The molecule has 5 aromatic rings. The molecule has 3 aromatic carbocycles. The predicted molar refractivity (Wildman–Crippen MR) is 177 cm³/mol. The number of carbonyl (C=O) groups excluding carboxylic acids is 3. The highest BCUT2D eigenvalue weighted by Crippen LogP contribution is 2.27. The van der Waals surface area contributed by atoms with Crippen LogP contribution in [0, 0.1) is 6.92 Å². The van der Waals surface area contributed by atoms with Crippen LogP contribution in [0.4, 0.5) is 10.8 Å². The van der Waals surface area contributed by atoms with Gasteiger partial charge in [0, 0.05) is 32.3 Å². The van der Waals surface area contributed by atoms with Crippen LogP contribution in [-0.2, 0) is 9.59 Å². The maximum Gasteiger partial charge on any atom is 0.272 e. The summed E-state index contributed by atoms with van der Waals surface area (Å²) in [6, 6.07) is 26.9. The zero-order chi connectivity index (χ0) is 31.1. The molecule has 0 spiro atoms. The molecule has 3 N–H and O–H groups in total. The maximum atomic E-state index is 13.4. The molecule has 44 heavy (non-hydrogen) atoms. The minimum atomic E-state index is -0.531. The first kappa shape index (κ1) is 30.9. The molecule has 0 aliphatic carbocycles. The molecule has 0 aliphatic heterocycles. The summed E-state index contributed by atoms with van der Waals surface area (Å²) in [5.74, 6) is -0.143. The first-order valence-corrected chi connectivity index (χ1v) is 15.9. The van der Waals surface area contributed by atoms with Crippen molar-refractivity contribution in [3.8, 4) is 11.3 Å². The molecule has 3 amide bonds. The minimum Gasteiger partial charge on any atom is -0.457 e. The van der Waals surface area contributed by atoms with E-state index in [0.717, 1.165) is 19.9 Å². The quantitative estimate of drug-likeness (QED) is 0.103. The van der Waals surface area contributed by atoms with Gasteiger partial charge in [-0.1, -0.05) is 57.6 Å². The number of halogens is 1. The maximum absolute atomic E-state index is 13.4. The molecule has 2 heterocycles. The molecular formula is C32H26BrN5O4S2. The Labute approximate surface area is 270 Å². The van der Waals surface area contributed by atoms with Gasteiger partial charge in [-0.2, -0.15) is 0 Å². The highest BCUT2D eigenvalue weighted by molar-refractivity contribution is 9.10. The van der Waals surface area contributed by atoms with Gasteiger partial charge in [-0.15, -0.1) is 22.0 Å². The van der Waals surface area contributed by atoms with Crippen LogP contribution >= 0.6 is 39.0 Å². The number of hydrogen-bond acceptors (Lipinski definition) is 8. The summed E-state index contributed by atoms with van der Waals surface area (Å²) in [4.78, 5) is 39.8. The number of benzene rings is 3. The van der Waals surface area contributed by atoms with Crippen LogP contribution in [0.15, 0.2) is 110 Å². The zero-order valence-electron chi connectivity index (χ0n) is 23.5. The zero-order valence-corrected chi connectivity index (χ0v) is 26.8. The average Bonchev–Trinajstić information content (AvgIpc) is 3.67. The molecular weight excluding hydrogens is 662 g/mol. The van der Waals surface area contributed by atoms with Gasteiger partial charge in [0.05, 0.1) is 5.25 Å². The minimum absolute atomic E-state index is 0.00576. The van der Waals surface area contributed by atoms with E-state index >= 15 is 0 Å². The Hall–Kier alpha value is -4.52. The first-order valence-electron chi connectivity index (χ1n) is 13.4. The molecule has 1 unspecified atom stereocenters. The van der Waals surface area contributed by atoms with Crippen LogP contribution in [0.25, 0.3) is 17.4 Å². The van der Waals surface area contributed by atoms with E-state index in [0.29, 0.717) is 27.9 Å². The van der Waals surface area contributed by atoms with E-state index in [9.17, 15) is 14.4 Å². The molecule has 222 valence electrons. The number of amides is 3. The van der Waals surface area contributed by atoms with Crippen molar-refractivity contribution < 1.29 is 18.8 Å². The number of hydrogen-bond donors (Lipinski definition) is 3. The Kier molecular flexibility index (Phi) is 10.1. The molecule has 0 saturated carbocycles. The Morgan fingerprint density at radius 1 is 0.909 bits per heavy atom. The van der Waals surface area contributed by atoms with Gasteiger partial charge in [0.1, 0.15) is 22.2 Å². The van der Waals surface area contributed by atoms with Gasteiger partial charge in [0.25, 0.3) is 11.8 Å². The second-order valence-corrected chi connectivity index (χ2v) is 13.0. The van der Waals surface area contributed by atoms with Gasteiger partial charge in [-0.3, -0.25) is 19.7 Å². The van der Waals surface area contributed by atoms with E-state index in [4.69, 9.17) is 4.42 Å². The highest BCUT2D eigenvalue weighted by atomic mass is 79.9. The fourth-order valence-corrected chi connectivity index (χ4v) is 5.64. The smallest absolute Gasteiger partial charge is 0.272 e. The van der Waals surface area contributed by atoms with Crippen LogP contribution in [-0.4, -0.2) is 33.2 Å². The van der Waals surface area contributed by atoms with E-state index in [-0.39, 0.29) is 11.6 Å². The van der Waals surface area contributed by atoms with E-state index < -0.39 is 17.1 Å². The van der Waals surface area contributed by atoms with Crippen LogP contribution in [0.1, 0.15) is 28.0 Å². The van der Waals surface area contributed by atoms with E-state index in [1.54, 1.807) is 61.5 Å². The number of rotatable bonds is 10. The summed E-state index contributed by atoms with van der Waals surface area (Å²) in [5, 5.41) is 17.0. The second kappa shape index (κ2) is 14.3. The molecule has 0 bridgehead atoms. The number of nitrogens with one attached hydrogen (secondary N) is 3. The first-order chi connectivity index (χ1) is 21.2. The topological polar surface area (TPSA) is 126 Å². The molecule has 0 fully saturated rings. The molecule has 0 radical (unpaired) electrons. The van der Waals surface area contributed by atoms with E-state index in [1.807, 2.05) is 43.3 Å². The van der Waals surface area contributed by atoms with Crippen molar-refractivity contribution in [1.29, 1.82) is 0 Å². The molecule has 12 heteroatoms. The lowest BCUT2D eigenvalue weighted by Gasteiger charge is -2.12. The summed E-state index contributed by atoms with van der Waals surface area (Å²) < 4.78 is 6.92. The third kappa shape index (κ3) is 8.31. The number of thioether (sulfide) groups is 1. The number of aryl methyl sites for hydroxylation is 1. The van der Waals surface area contributed by atoms with Gasteiger partial charge in [0.15, 0.2) is 0 Å². The largest absolute Gasteiger partial charge is 0.457 e. The van der Waals surface area contributed by atoms with Crippen molar-refractivity contribution >= 4 is 73.6 Å². The third-order valence-corrected chi connectivity index (χ3v) is 8.52. The van der Waals surface area contributed by atoms with Gasteiger partial charge in [-0.25, -0.2) is 0 Å². The monoisotopic (exact) mass is 687 g/mol. The number of carbonyl (C=O) groups is 3. The van der Waals surface area contributed by atoms with Gasteiger partial charge < -0.3 is 15.1 Å². The van der Waals surface area contributed by atoms with Gasteiger partial charge in [0.2, 0.25) is 11.0 Å². The van der Waals surface area contributed by atoms with Crippen molar-refractivity contribution in [2.24, 2.45) is 0 Å². The Balaban J connectivity index is 1.29. The Bertz CT molecular complexity index is 1800. The highest BCUT2D eigenvalue weighted by Gasteiger charge is 2.18. The van der Waals surface area contributed by atoms with Crippen molar-refractivity contribution in [1.82, 2.24) is 15.5 Å². The van der Waals surface area contributed by atoms with Crippen LogP contribution in [0.3, 0.4) is 0 Å². The fraction of sp³-hybridized carbons (Fsp3) is 0.0938. The van der Waals surface area contributed by atoms with Crippen molar-refractivity contribution in [3.05, 3.63) is 117 Å². The second-order valence-electron chi connectivity index (χ2n) is 9.44. The Morgan fingerprint density at radius 3 is 2.32 bits per heavy atom. The van der Waals surface area contributed by atoms with E-state index in [2.05, 4.69) is 42.1 Å². The molecule has 5 rings (SSSR count). The summed E-state index contributed by atoms with van der Waals surface area (Å²) in [6.45, 7) is 3.62. The number of anilines is 2. The average molecular weight is 689 g/mol. The normalized spacial score (nSPS) is 11.9. The number of aromatic nitrogens is 2. The third-order valence-electron chi connectivity index (χ3n) is 6.12. The molecule has 0 saturated heterocycles. The summed E-state index contributed by atoms with van der Waals surface area (Å²) in [5.41, 5.74) is 1.79. The molecule has 0 aliphatic rings. The number of furan rings is 1. The van der Waals surface area contributed by atoms with Gasteiger partial charge >= 0.3 is 0 Å². The van der Waals surface area contributed by atoms with Crippen molar-refractivity contribution in [3.63, 3.8) is 0 Å². The molecule has 9 nitrogen and oxygen atoms in total. The summed E-state index contributed by atoms with van der Waals surface area (Å²) in [6.07, 6.45) is 1.49. The summed E-state index contributed by atoms with van der Waals surface area (Å²) in [7, 11) is 0. The van der Waals surface area contributed by atoms with Crippen LogP contribution < -0.4 is 16.0 Å². The standard InChI is InChI=1S/C32H26BrN5O4S2/c1-19(29(39)36-32-38-37-20(2)44-32)43-26-15-12-24(13-16-26)34-31(41)27(35-30(40)22-6-4-3-5-7-22)18-25-14-17-28(42-25)21-8-10-23(33)11-9-21/h3-19H,1-2H3,(H,34,41)(H,35,40)(H,36,38,39)/b27-18-. The Morgan fingerprint density at radius 2 is 1.64 bits per heavy atom. The SMILES string of the molecule is Cc1nnc(NC(=O)C(C)Sc2ccc(NC(=O)/C(=C/c3ccc(-c4ccc(Br)cc4)o3)NC(=O)c3ccccc3)cc2)s1.